The fourth-order valence-electron chi connectivity index (χ4n) is 4.46. The monoisotopic (exact) mass is 418 g/mol. The average Bonchev–Trinajstić information content (AvgIpc) is 3.30. The Bertz CT molecular complexity index is 1320. The first-order valence-electron chi connectivity index (χ1n) is 10.2. The van der Waals surface area contributed by atoms with Gasteiger partial charge in [-0.3, -0.25) is 9.78 Å². The molecule has 158 valence electrons. The molecule has 0 amide bonds. The van der Waals surface area contributed by atoms with Gasteiger partial charge in [0.05, 0.1) is 16.5 Å². The molecule has 31 heavy (non-hydrogen) atoms. The first kappa shape index (κ1) is 19.3. The highest BCUT2D eigenvalue weighted by Gasteiger charge is 2.23. The number of nitriles is 1. The number of piperazine rings is 1. The second-order valence-electron chi connectivity index (χ2n) is 8.30. The van der Waals surface area contributed by atoms with Gasteiger partial charge in [-0.25, -0.2) is 4.39 Å². The maximum atomic E-state index is 14.5. The highest BCUT2D eigenvalue weighted by molar-refractivity contribution is 5.98. The van der Waals surface area contributed by atoms with Crippen molar-refractivity contribution in [3.05, 3.63) is 41.8 Å². The molecule has 2 aromatic heterocycles. The molecular weight excluding hydrogens is 395 g/mol. The fraction of sp³-hybridized carbons (Fsp3) is 0.318. The molecule has 1 aliphatic heterocycles. The fourth-order valence-corrected chi connectivity index (χ4v) is 4.46. The second-order valence-corrected chi connectivity index (χ2v) is 8.30. The van der Waals surface area contributed by atoms with Crippen molar-refractivity contribution in [1.29, 1.82) is 5.26 Å². The topological polar surface area (TPSA) is 97.6 Å². The zero-order valence-corrected chi connectivity index (χ0v) is 17.6. The SMILES string of the molecule is C[C@@H]1CN(c2cc(C#N)c3c(Nc4cc(F)c5nn(C)cc5c4)n[nH]c3c2)C[C@H](C)N1. The lowest BCUT2D eigenvalue weighted by atomic mass is 10.1. The average molecular weight is 418 g/mol. The van der Waals surface area contributed by atoms with Gasteiger partial charge >= 0.3 is 0 Å². The van der Waals surface area contributed by atoms with Crippen LogP contribution in [0.1, 0.15) is 19.4 Å². The predicted octanol–water partition coefficient (Wildman–Crippen LogP) is 3.39. The number of aromatic amines is 1. The Labute approximate surface area is 178 Å². The zero-order chi connectivity index (χ0) is 21.7. The van der Waals surface area contributed by atoms with Crippen LogP contribution in [0.25, 0.3) is 21.8 Å². The van der Waals surface area contributed by atoms with E-state index in [4.69, 9.17) is 0 Å². The smallest absolute Gasteiger partial charge is 0.161 e. The van der Waals surface area contributed by atoms with Crippen LogP contribution in [0.2, 0.25) is 0 Å². The van der Waals surface area contributed by atoms with E-state index in [0.717, 1.165) is 24.3 Å². The number of halogens is 1. The largest absolute Gasteiger partial charge is 0.368 e. The number of fused-ring (bicyclic) bond motifs is 2. The summed E-state index contributed by atoms with van der Waals surface area (Å²) in [6, 6.07) is 10.1. The predicted molar refractivity (Wildman–Crippen MR) is 119 cm³/mol. The van der Waals surface area contributed by atoms with Crippen LogP contribution in [0, 0.1) is 17.1 Å². The van der Waals surface area contributed by atoms with Crippen molar-refractivity contribution < 1.29 is 4.39 Å². The van der Waals surface area contributed by atoms with Gasteiger partial charge in [-0.1, -0.05) is 0 Å². The molecule has 1 saturated heterocycles. The summed E-state index contributed by atoms with van der Waals surface area (Å²) in [5.74, 6) is 0.0768. The van der Waals surface area contributed by atoms with Crippen LogP contribution in [0.3, 0.4) is 0 Å². The standard InChI is InChI=1S/C22H23FN8/c1-12-9-31(10-13(2)25-12)17-5-14(8-24)20-19(7-17)27-28-22(20)26-16-4-15-11-30(3)29-21(15)18(23)6-16/h4-7,11-13,25H,9-10H2,1-3H3,(H2,26,27,28)/t12-,13+. The van der Waals surface area contributed by atoms with Crippen LogP contribution in [0.4, 0.5) is 21.6 Å². The number of nitrogens with one attached hydrogen (secondary N) is 3. The van der Waals surface area contributed by atoms with Gasteiger partial charge in [0.15, 0.2) is 11.6 Å². The van der Waals surface area contributed by atoms with Crippen LogP contribution in [0.15, 0.2) is 30.5 Å². The molecule has 3 N–H and O–H groups in total. The highest BCUT2D eigenvalue weighted by Crippen LogP contribution is 2.33. The molecule has 1 aliphatic rings. The molecule has 0 bridgehead atoms. The van der Waals surface area contributed by atoms with Crippen LogP contribution in [-0.2, 0) is 7.05 Å². The molecule has 0 saturated carbocycles. The van der Waals surface area contributed by atoms with Gasteiger partial charge in [0, 0.05) is 55.2 Å². The summed E-state index contributed by atoms with van der Waals surface area (Å²) in [5, 5.41) is 29.4. The Morgan fingerprint density at radius 2 is 1.97 bits per heavy atom. The van der Waals surface area contributed by atoms with Crippen molar-refractivity contribution in [2.75, 3.05) is 23.3 Å². The molecule has 0 aliphatic carbocycles. The molecular formula is C22H23FN8. The first-order valence-corrected chi connectivity index (χ1v) is 10.2. The molecule has 9 heteroatoms. The highest BCUT2D eigenvalue weighted by atomic mass is 19.1. The lowest BCUT2D eigenvalue weighted by molar-refractivity contribution is 0.407. The molecule has 0 spiro atoms. The maximum Gasteiger partial charge on any atom is 0.161 e. The van der Waals surface area contributed by atoms with Gasteiger partial charge in [-0.2, -0.15) is 15.5 Å². The Hall–Kier alpha value is -3.64. The quantitative estimate of drug-likeness (QED) is 0.472. The van der Waals surface area contributed by atoms with E-state index in [1.165, 1.54) is 6.07 Å². The number of aromatic nitrogens is 4. The number of nitrogens with zero attached hydrogens (tertiary/aromatic N) is 5. The molecule has 2 atom stereocenters. The van der Waals surface area contributed by atoms with Gasteiger partial charge in [-0.05, 0) is 38.1 Å². The van der Waals surface area contributed by atoms with Gasteiger partial charge in [0.2, 0.25) is 0 Å². The van der Waals surface area contributed by atoms with Crippen molar-refractivity contribution in [2.45, 2.75) is 25.9 Å². The maximum absolute atomic E-state index is 14.5. The number of rotatable bonds is 3. The summed E-state index contributed by atoms with van der Waals surface area (Å²) in [6.45, 7) is 6.04. The lowest BCUT2D eigenvalue weighted by Gasteiger charge is -2.37. The number of hydrogen-bond acceptors (Lipinski definition) is 6. The number of benzene rings is 2. The number of hydrogen-bond donors (Lipinski definition) is 3. The summed E-state index contributed by atoms with van der Waals surface area (Å²) in [4.78, 5) is 2.28. The summed E-state index contributed by atoms with van der Waals surface area (Å²) < 4.78 is 16.0. The molecule has 5 rings (SSSR count). The Morgan fingerprint density at radius 3 is 2.71 bits per heavy atom. The Morgan fingerprint density at radius 1 is 1.19 bits per heavy atom. The summed E-state index contributed by atoms with van der Waals surface area (Å²) in [5.41, 5.74) is 3.14. The first-order chi connectivity index (χ1) is 14.9. The van der Waals surface area contributed by atoms with E-state index in [-0.39, 0.29) is 0 Å². The van der Waals surface area contributed by atoms with Crippen LogP contribution < -0.4 is 15.5 Å². The third-order valence-electron chi connectivity index (χ3n) is 5.63. The van der Waals surface area contributed by atoms with Crippen LogP contribution >= 0.6 is 0 Å². The minimum atomic E-state index is -0.412. The molecule has 2 aromatic carbocycles. The summed E-state index contributed by atoms with van der Waals surface area (Å²) in [7, 11) is 1.75. The van der Waals surface area contributed by atoms with Crippen molar-refractivity contribution in [1.82, 2.24) is 25.3 Å². The van der Waals surface area contributed by atoms with Gasteiger partial charge in [-0.15, -0.1) is 0 Å². The van der Waals surface area contributed by atoms with E-state index < -0.39 is 5.82 Å². The third kappa shape index (κ3) is 3.45. The molecule has 0 radical (unpaired) electrons. The van der Waals surface area contributed by atoms with Crippen LogP contribution in [0.5, 0.6) is 0 Å². The second kappa shape index (κ2) is 7.25. The number of H-pyrrole nitrogens is 1. The zero-order valence-electron chi connectivity index (χ0n) is 17.6. The van der Waals surface area contributed by atoms with E-state index in [1.54, 1.807) is 17.9 Å². The van der Waals surface area contributed by atoms with E-state index in [0.29, 0.717) is 45.4 Å². The minimum Gasteiger partial charge on any atom is -0.368 e. The van der Waals surface area contributed by atoms with Gasteiger partial charge in [0.25, 0.3) is 0 Å². The minimum absolute atomic E-state index is 0.321. The molecule has 3 heterocycles. The number of anilines is 3. The van der Waals surface area contributed by atoms with Crippen molar-refractivity contribution in [3.63, 3.8) is 0 Å². The summed E-state index contributed by atoms with van der Waals surface area (Å²) in [6.07, 6.45) is 1.76. The third-order valence-corrected chi connectivity index (χ3v) is 5.63. The van der Waals surface area contributed by atoms with Crippen molar-refractivity contribution >= 4 is 39.0 Å². The number of aryl methyl sites for hydroxylation is 1. The summed E-state index contributed by atoms with van der Waals surface area (Å²) >= 11 is 0. The van der Waals surface area contributed by atoms with E-state index in [9.17, 15) is 9.65 Å². The van der Waals surface area contributed by atoms with Crippen LogP contribution in [-0.4, -0.2) is 45.2 Å². The van der Waals surface area contributed by atoms with Crippen molar-refractivity contribution in [3.8, 4) is 6.07 Å². The normalized spacial score (nSPS) is 19.1. The molecule has 1 fully saturated rings. The van der Waals surface area contributed by atoms with Gasteiger partial charge < -0.3 is 15.5 Å². The van der Waals surface area contributed by atoms with Crippen molar-refractivity contribution in [2.24, 2.45) is 7.05 Å². The van der Waals surface area contributed by atoms with Gasteiger partial charge in [0.1, 0.15) is 11.6 Å². The van der Waals surface area contributed by atoms with E-state index in [1.807, 2.05) is 18.2 Å². The molecule has 4 aromatic rings. The van der Waals surface area contributed by atoms with E-state index >= 15 is 0 Å². The molecule has 0 unspecified atom stereocenters. The Balaban J connectivity index is 1.53. The molecule has 8 nitrogen and oxygen atoms in total. The van der Waals surface area contributed by atoms with E-state index in [2.05, 4.69) is 50.7 Å². The Kier molecular flexibility index (Phi) is 4.52. The lowest BCUT2D eigenvalue weighted by Crippen LogP contribution is -2.54.